The van der Waals surface area contributed by atoms with E-state index in [9.17, 15) is 64.7 Å². The molecular formula is C28H16N2O17. The van der Waals surface area contributed by atoms with Crippen LogP contribution in [0.25, 0.3) is 0 Å². The number of ether oxygens (including phenoxy) is 3. The average molecular weight is 652 g/mol. The lowest BCUT2D eigenvalue weighted by molar-refractivity contribution is 0.0684. The number of benzene rings is 4. The Morgan fingerprint density at radius 3 is 1.17 bits per heavy atom. The van der Waals surface area contributed by atoms with Gasteiger partial charge in [-0.05, 0) is 58.9 Å². The van der Waals surface area contributed by atoms with Gasteiger partial charge >= 0.3 is 23.9 Å². The second-order valence-electron chi connectivity index (χ2n) is 9.05. The quantitative estimate of drug-likeness (QED) is 0.0551. The molecule has 0 aliphatic carbocycles. The van der Waals surface area contributed by atoms with Gasteiger partial charge in [-0.15, -0.1) is 9.81 Å². The summed E-state index contributed by atoms with van der Waals surface area (Å²) in [5.74, 6) is -15.6. The predicted molar refractivity (Wildman–Crippen MR) is 150 cm³/mol. The summed E-state index contributed by atoms with van der Waals surface area (Å²) in [4.78, 5) is 71.2. The van der Waals surface area contributed by atoms with Crippen LogP contribution >= 0.6 is 0 Å². The van der Waals surface area contributed by atoms with Crippen LogP contribution in [0, 0.1) is 9.81 Å². The van der Waals surface area contributed by atoms with Gasteiger partial charge in [0.05, 0.1) is 22.3 Å². The van der Waals surface area contributed by atoms with Crippen LogP contribution in [0.1, 0.15) is 41.4 Å². The maximum absolute atomic E-state index is 12.9. The summed E-state index contributed by atoms with van der Waals surface area (Å²) in [5.41, 5.74) is -4.00. The fourth-order valence-corrected chi connectivity index (χ4v) is 3.73. The second kappa shape index (κ2) is 12.7. The Kier molecular flexibility index (Phi) is 8.74. The SMILES string of the molecule is O=Nc1cc(C(=O)Oc2cc(C(=O)Oc3cc(C(=O)Oc4cc(C(=O)O)cc(O)c4O)cc(O)c3O)cc(O)c2O)cc(O)c1N=O. The van der Waals surface area contributed by atoms with Crippen LogP contribution < -0.4 is 14.2 Å². The van der Waals surface area contributed by atoms with Crippen molar-refractivity contribution in [2.75, 3.05) is 0 Å². The van der Waals surface area contributed by atoms with Crippen LogP contribution in [0.3, 0.4) is 0 Å². The number of nitrogens with zero attached hydrogens (tertiary/aromatic N) is 2. The van der Waals surface area contributed by atoms with Crippen LogP contribution in [0.4, 0.5) is 11.4 Å². The zero-order chi connectivity index (χ0) is 34.7. The summed E-state index contributed by atoms with van der Waals surface area (Å²) >= 11 is 0. The number of carbonyl (C=O) groups is 4. The van der Waals surface area contributed by atoms with Crippen molar-refractivity contribution in [1.82, 2.24) is 0 Å². The average Bonchev–Trinajstić information content (AvgIpc) is 3.02. The van der Waals surface area contributed by atoms with E-state index in [1.165, 1.54) is 0 Å². The molecule has 0 saturated heterocycles. The third-order valence-electron chi connectivity index (χ3n) is 5.99. The van der Waals surface area contributed by atoms with Gasteiger partial charge in [0, 0.05) is 0 Å². The number of aromatic carboxylic acids is 1. The molecule has 0 amide bonds. The first kappa shape index (κ1) is 32.5. The van der Waals surface area contributed by atoms with Crippen LogP contribution in [0.5, 0.6) is 57.5 Å². The first-order valence-electron chi connectivity index (χ1n) is 12.3. The van der Waals surface area contributed by atoms with Gasteiger partial charge in [-0.25, -0.2) is 19.2 Å². The maximum atomic E-state index is 12.9. The highest BCUT2D eigenvalue weighted by atomic mass is 16.6. The lowest BCUT2D eigenvalue weighted by atomic mass is 10.1. The van der Waals surface area contributed by atoms with Crippen molar-refractivity contribution in [2.45, 2.75) is 0 Å². The minimum absolute atomic E-state index is 0.581. The Labute approximate surface area is 258 Å². The van der Waals surface area contributed by atoms with E-state index < -0.39 is 115 Å². The summed E-state index contributed by atoms with van der Waals surface area (Å²) < 4.78 is 14.8. The Balaban J connectivity index is 1.61. The molecule has 0 aliphatic heterocycles. The Morgan fingerprint density at radius 2 is 0.809 bits per heavy atom. The molecule has 19 nitrogen and oxygen atoms in total. The van der Waals surface area contributed by atoms with Crippen molar-refractivity contribution < 1.29 is 74.2 Å². The van der Waals surface area contributed by atoms with E-state index in [-0.39, 0.29) is 0 Å². The van der Waals surface area contributed by atoms with Crippen LogP contribution in [0.2, 0.25) is 0 Å². The largest absolute Gasteiger partial charge is 0.505 e. The van der Waals surface area contributed by atoms with Crippen molar-refractivity contribution in [3.05, 3.63) is 80.6 Å². The van der Waals surface area contributed by atoms with Crippen molar-refractivity contribution in [3.8, 4) is 57.5 Å². The van der Waals surface area contributed by atoms with E-state index >= 15 is 0 Å². The molecule has 8 N–H and O–H groups in total. The summed E-state index contributed by atoms with van der Waals surface area (Å²) in [6, 6.07) is 5.33. The molecule has 4 aromatic rings. The lowest BCUT2D eigenvalue weighted by Crippen LogP contribution is -2.13. The van der Waals surface area contributed by atoms with Gasteiger partial charge in [0.25, 0.3) is 0 Å². The molecule has 0 bridgehead atoms. The van der Waals surface area contributed by atoms with Crippen molar-refractivity contribution in [1.29, 1.82) is 0 Å². The predicted octanol–water partition coefficient (Wildman–Crippen LogP) is 3.78. The number of nitroso groups, excluding NO2 is 2. The van der Waals surface area contributed by atoms with Crippen molar-refractivity contribution >= 4 is 35.3 Å². The fraction of sp³-hybridized carbons (Fsp3) is 0. The summed E-state index contributed by atoms with van der Waals surface area (Å²) in [5, 5.41) is 84.1. The fourth-order valence-electron chi connectivity index (χ4n) is 3.73. The van der Waals surface area contributed by atoms with E-state index in [4.69, 9.17) is 19.3 Å². The van der Waals surface area contributed by atoms with E-state index in [1.807, 2.05) is 0 Å². The highest BCUT2D eigenvalue weighted by Crippen LogP contribution is 2.42. The number of carboxylic acids is 1. The van der Waals surface area contributed by atoms with Gasteiger partial charge in [-0.1, -0.05) is 0 Å². The summed E-state index contributed by atoms with van der Waals surface area (Å²) in [7, 11) is 0. The van der Waals surface area contributed by atoms with Crippen LogP contribution in [-0.2, 0) is 0 Å². The molecule has 0 fully saturated rings. The minimum atomic E-state index is -1.55. The number of carboxylic acid groups (broad SMARTS) is 1. The molecule has 0 aliphatic rings. The first-order valence-corrected chi connectivity index (χ1v) is 12.3. The topological polar surface area (TPSA) is 317 Å². The number of esters is 3. The van der Waals surface area contributed by atoms with Gasteiger partial charge < -0.3 is 55.1 Å². The molecule has 0 heterocycles. The third kappa shape index (κ3) is 6.57. The number of phenols is 7. The molecule has 240 valence electrons. The van der Waals surface area contributed by atoms with Crippen LogP contribution in [0.15, 0.2) is 58.9 Å². The van der Waals surface area contributed by atoms with E-state index in [2.05, 4.69) is 10.4 Å². The highest BCUT2D eigenvalue weighted by molar-refractivity contribution is 5.98. The summed E-state index contributed by atoms with van der Waals surface area (Å²) in [6.07, 6.45) is 0. The van der Waals surface area contributed by atoms with E-state index in [0.29, 0.717) is 48.5 Å². The molecule has 0 atom stereocenters. The van der Waals surface area contributed by atoms with E-state index in [1.54, 1.807) is 0 Å². The molecular weight excluding hydrogens is 636 g/mol. The highest BCUT2D eigenvalue weighted by Gasteiger charge is 2.25. The molecule has 0 spiro atoms. The molecule has 19 heteroatoms. The standard InChI is InChI=1S/C28H16N2O17/c31-14-3-10(1-13(29-43)21(14)30-44)26(40)46-19-7-12(5-16(33)23(19)36)28(42)47-20-8-11(4-17(34)24(20)37)27(41)45-18-6-9(25(38)39)2-15(32)22(18)35/h1-8,31-37H,(H,38,39). The Hall–Kier alpha value is -7.44. The maximum Gasteiger partial charge on any atom is 0.343 e. The zero-order valence-corrected chi connectivity index (χ0v) is 22.8. The molecule has 0 aromatic heterocycles. The van der Waals surface area contributed by atoms with Gasteiger partial charge in [0.15, 0.2) is 40.2 Å². The number of phenolic OH excluding ortho intramolecular Hbond substituents is 7. The van der Waals surface area contributed by atoms with Gasteiger partial charge in [-0.2, -0.15) is 0 Å². The molecule has 4 rings (SSSR count). The lowest BCUT2D eigenvalue weighted by Gasteiger charge is -2.13. The second-order valence-corrected chi connectivity index (χ2v) is 9.05. The molecule has 0 saturated carbocycles. The minimum Gasteiger partial charge on any atom is -0.505 e. The normalized spacial score (nSPS) is 10.5. The van der Waals surface area contributed by atoms with Crippen molar-refractivity contribution in [2.24, 2.45) is 10.4 Å². The first-order chi connectivity index (χ1) is 22.1. The number of hydrogen-bond acceptors (Lipinski definition) is 18. The number of hydrogen-bond donors (Lipinski definition) is 8. The number of aromatic hydroxyl groups is 7. The van der Waals surface area contributed by atoms with Crippen molar-refractivity contribution in [3.63, 3.8) is 0 Å². The van der Waals surface area contributed by atoms with Gasteiger partial charge in [-0.3, -0.25) is 0 Å². The number of rotatable bonds is 9. The van der Waals surface area contributed by atoms with Gasteiger partial charge in [0.1, 0.15) is 11.4 Å². The summed E-state index contributed by atoms with van der Waals surface area (Å²) in [6.45, 7) is 0. The Bertz CT molecular complexity index is 2020. The molecule has 4 aromatic carbocycles. The number of carbonyl (C=O) groups excluding carboxylic acids is 3. The molecule has 0 unspecified atom stereocenters. The smallest absolute Gasteiger partial charge is 0.343 e. The molecule has 47 heavy (non-hydrogen) atoms. The molecule has 0 radical (unpaired) electrons. The van der Waals surface area contributed by atoms with E-state index in [0.717, 1.165) is 0 Å². The van der Waals surface area contributed by atoms with Gasteiger partial charge in [0.2, 0.25) is 17.2 Å². The zero-order valence-electron chi connectivity index (χ0n) is 22.8. The third-order valence-corrected chi connectivity index (χ3v) is 5.99. The Morgan fingerprint density at radius 1 is 0.468 bits per heavy atom. The van der Waals surface area contributed by atoms with Crippen LogP contribution in [-0.4, -0.2) is 64.7 Å². The monoisotopic (exact) mass is 652 g/mol.